The van der Waals surface area contributed by atoms with E-state index in [0.29, 0.717) is 0 Å². The molecule has 0 unspecified atom stereocenters. The van der Waals surface area contributed by atoms with Crippen molar-refractivity contribution >= 4 is 77.4 Å². The first-order valence-corrected chi connectivity index (χ1v) is 22.9. The summed E-state index contributed by atoms with van der Waals surface area (Å²) in [5, 5.41) is 7.64. The van der Waals surface area contributed by atoms with Crippen LogP contribution in [0.4, 0.5) is 11.4 Å². The van der Waals surface area contributed by atoms with Crippen LogP contribution in [0.1, 0.15) is 30.5 Å². The van der Waals surface area contributed by atoms with E-state index in [-0.39, 0.29) is 5.41 Å². The van der Waals surface area contributed by atoms with Gasteiger partial charge in [0.1, 0.15) is 0 Å². The van der Waals surface area contributed by atoms with Crippen LogP contribution in [-0.4, -0.2) is 8.97 Å². The van der Waals surface area contributed by atoms with E-state index < -0.39 is 0 Å². The smallest absolute Gasteiger partial charge is 0.0620 e. The van der Waals surface area contributed by atoms with Crippen molar-refractivity contribution in [1.82, 2.24) is 8.97 Å². The monoisotopic (exact) mass is 843 g/mol. The van der Waals surface area contributed by atoms with Gasteiger partial charge in [-0.3, -0.25) is 0 Å². The second-order valence-corrected chi connectivity index (χ2v) is 18.2. The van der Waals surface area contributed by atoms with Gasteiger partial charge in [-0.15, -0.1) is 0 Å². The van der Waals surface area contributed by atoms with Crippen molar-refractivity contribution in [1.29, 1.82) is 0 Å². The molecule has 13 rings (SSSR count). The topological polar surface area (TPSA) is 12.6 Å². The van der Waals surface area contributed by atoms with Gasteiger partial charge in [-0.2, -0.15) is 0 Å². The average molecular weight is 844 g/mol. The summed E-state index contributed by atoms with van der Waals surface area (Å²) in [5.41, 5.74) is 19.2. The average Bonchev–Trinajstić information content (AvgIpc) is 4.07. The van der Waals surface area contributed by atoms with Crippen LogP contribution in [0.3, 0.4) is 0 Å². The zero-order valence-corrected chi connectivity index (χ0v) is 36.9. The summed E-state index contributed by atoms with van der Waals surface area (Å²) in [4.78, 5) is 2.35. The predicted octanol–water partition coefficient (Wildman–Crippen LogP) is 16.8. The standard InChI is InChI=1S/C63H45N3/c1-4-44(19-14-16-41-28-36-60-54(38-41)51-22-10-12-26-58(51)65(60)45-17-6-5-7-18-45)64(47-34-35-49-48-20-8-11-25-56(48)63(2,3)57(49)40-47)46-32-29-42(30-33-46)43-31-37-61-55(39-43)53-24-15-23-52-50-21-9-13-27-59(50)66(61)62(52)53/h4-40H,1H2,2-3H3. The highest BCUT2D eigenvalue weighted by Gasteiger charge is 2.35. The second-order valence-electron chi connectivity index (χ2n) is 18.2. The zero-order chi connectivity index (χ0) is 44.1. The minimum Gasteiger partial charge on any atom is -0.311 e. The molecule has 3 heterocycles. The Hall–Kier alpha value is -8.40. The van der Waals surface area contributed by atoms with Crippen LogP contribution in [0.25, 0.3) is 93.9 Å². The van der Waals surface area contributed by atoms with E-state index in [4.69, 9.17) is 0 Å². The highest BCUT2D eigenvalue weighted by atomic mass is 15.1. The van der Waals surface area contributed by atoms with E-state index in [1.165, 1.54) is 93.3 Å². The van der Waals surface area contributed by atoms with Crippen molar-refractivity contribution < 1.29 is 0 Å². The molecule has 0 N–H and O–H groups in total. The van der Waals surface area contributed by atoms with E-state index >= 15 is 0 Å². The Morgan fingerprint density at radius 3 is 1.91 bits per heavy atom. The fraction of sp³-hybridized carbons (Fsp3) is 0.0476. The third kappa shape index (κ3) is 5.63. The molecular weight excluding hydrogens is 799 g/mol. The molecule has 0 fully saturated rings. The molecule has 66 heavy (non-hydrogen) atoms. The van der Waals surface area contributed by atoms with Crippen LogP contribution in [-0.2, 0) is 5.41 Å². The Morgan fingerprint density at radius 2 is 1.09 bits per heavy atom. The van der Waals surface area contributed by atoms with Gasteiger partial charge in [0.2, 0.25) is 0 Å². The molecule has 312 valence electrons. The van der Waals surface area contributed by atoms with Gasteiger partial charge in [0, 0.05) is 60.5 Å². The molecule has 0 radical (unpaired) electrons. The number of nitrogens with zero attached hydrogens (tertiary/aromatic N) is 3. The fourth-order valence-corrected chi connectivity index (χ4v) is 11.1. The lowest BCUT2D eigenvalue weighted by Gasteiger charge is -2.29. The lowest BCUT2D eigenvalue weighted by Crippen LogP contribution is -2.18. The molecule has 3 heteroatoms. The number of benzene rings is 9. The summed E-state index contributed by atoms with van der Waals surface area (Å²) in [6, 6.07) is 73.3. The quantitative estimate of drug-likeness (QED) is 0.139. The molecule has 3 nitrogen and oxygen atoms in total. The summed E-state index contributed by atoms with van der Waals surface area (Å²) in [6.45, 7) is 9.09. The summed E-state index contributed by atoms with van der Waals surface area (Å²) in [6.07, 6.45) is 8.52. The van der Waals surface area contributed by atoms with Gasteiger partial charge >= 0.3 is 0 Å². The first-order valence-electron chi connectivity index (χ1n) is 22.9. The molecule has 0 spiro atoms. The number of para-hydroxylation sites is 4. The van der Waals surface area contributed by atoms with Gasteiger partial charge in [-0.1, -0.05) is 160 Å². The van der Waals surface area contributed by atoms with E-state index in [2.05, 4.69) is 253 Å². The van der Waals surface area contributed by atoms with Gasteiger partial charge in [0.25, 0.3) is 0 Å². The molecule has 0 bridgehead atoms. The molecular formula is C63H45N3. The van der Waals surface area contributed by atoms with Crippen molar-refractivity contribution in [3.8, 4) is 27.9 Å². The second kappa shape index (κ2) is 14.6. The van der Waals surface area contributed by atoms with Gasteiger partial charge in [-0.05, 0) is 124 Å². The number of anilines is 2. The summed E-state index contributed by atoms with van der Waals surface area (Å²) in [7, 11) is 0. The minimum atomic E-state index is -0.136. The van der Waals surface area contributed by atoms with E-state index in [9.17, 15) is 0 Å². The first-order chi connectivity index (χ1) is 32.5. The van der Waals surface area contributed by atoms with E-state index in [1.807, 2.05) is 6.08 Å². The molecule has 0 saturated heterocycles. The maximum absolute atomic E-state index is 4.40. The van der Waals surface area contributed by atoms with Crippen molar-refractivity contribution in [2.24, 2.45) is 0 Å². The fourth-order valence-electron chi connectivity index (χ4n) is 11.1. The summed E-state index contributed by atoms with van der Waals surface area (Å²) >= 11 is 0. The van der Waals surface area contributed by atoms with Gasteiger partial charge in [0.05, 0.1) is 27.6 Å². The van der Waals surface area contributed by atoms with Gasteiger partial charge in [0.15, 0.2) is 0 Å². The summed E-state index contributed by atoms with van der Waals surface area (Å²) in [5.74, 6) is 0. The lowest BCUT2D eigenvalue weighted by atomic mass is 9.82. The Bertz CT molecular complexity index is 3970. The highest BCUT2D eigenvalue weighted by Crippen LogP contribution is 2.50. The number of hydrogen-bond donors (Lipinski definition) is 0. The third-order valence-corrected chi connectivity index (χ3v) is 14.2. The van der Waals surface area contributed by atoms with Crippen molar-refractivity contribution in [3.05, 3.63) is 247 Å². The lowest BCUT2D eigenvalue weighted by molar-refractivity contribution is 0.660. The molecule has 0 saturated carbocycles. The number of rotatable bonds is 8. The predicted molar refractivity (Wildman–Crippen MR) is 281 cm³/mol. The molecule has 0 amide bonds. The molecule has 12 aromatic rings. The number of aromatic nitrogens is 2. The van der Waals surface area contributed by atoms with Crippen LogP contribution in [0.5, 0.6) is 0 Å². The maximum atomic E-state index is 4.40. The van der Waals surface area contributed by atoms with Crippen molar-refractivity contribution in [2.75, 3.05) is 4.90 Å². The molecule has 1 aliphatic carbocycles. The Balaban J connectivity index is 0.900. The molecule has 9 aromatic carbocycles. The summed E-state index contributed by atoms with van der Waals surface area (Å²) < 4.78 is 4.80. The number of fused-ring (bicyclic) bond motifs is 12. The Morgan fingerprint density at radius 1 is 0.485 bits per heavy atom. The van der Waals surface area contributed by atoms with Gasteiger partial charge < -0.3 is 13.9 Å². The largest absolute Gasteiger partial charge is 0.311 e. The highest BCUT2D eigenvalue weighted by molar-refractivity contribution is 6.23. The van der Waals surface area contributed by atoms with Crippen LogP contribution >= 0.6 is 0 Å². The van der Waals surface area contributed by atoms with E-state index in [1.54, 1.807) is 0 Å². The van der Waals surface area contributed by atoms with Crippen molar-refractivity contribution in [2.45, 2.75) is 19.3 Å². The van der Waals surface area contributed by atoms with Gasteiger partial charge in [-0.25, -0.2) is 0 Å². The van der Waals surface area contributed by atoms with Crippen LogP contribution < -0.4 is 4.90 Å². The normalized spacial score (nSPS) is 13.5. The molecule has 1 aliphatic rings. The van der Waals surface area contributed by atoms with Crippen LogP contribution in [0.2, 0.25) is 0 Å². The molecule has 3 aromatic heterocycles. The number of allylic oxidation sites excluding steroid dienone is 3. The van der Waals surface area contributed by atoms with Crippen LogP contribution in [0, 0.1) is 0 Å². The molecule has 0 aliphatic heterocycles. The Kier molecular flexibility index (Phi) is 8.41. The first kappa shape index (κ1) is 38.1. The SMILES string of the molecule is C=CC(=CC=Cc1ccc2c(c1)c1ccccc1n2-c1ccccc1)N(c1ccc(-c2ccc3c(c2)c2cccc4c5ccccc5n3c42)cc1)c1ccc2c(c1)C(C)(C)c1ccccc1-2. The van der Waals surface area contributed by atoms with Crippen molar-refractivity contribution in [3.63, 3.8) is 0 Å². The molecule has 0 atom stereocenters. The maximum Gasteiger partial charge on any atom is 0.0620 e. The zero-order valence-electron chi connectivity index (χ0n) is 36.9. The van der Waals surface area contributed by atoms with E-state index in [0.717, 1.165) is 28.3 Å². The minimum absolute atomic E-state index is 0.136. The Labute approximate surface area is 384 Å². The third-order valence-electron chi connectivity index (χ3n) is 14.2. The number of hydrogen-bond acceptors (Lipinski definition) is 1. The van der Waals surface area contributed by atoms with Crippen LogP contribution in [0.15, 0.2) is 231 Å².